The van der Waals surface area contributed by atoms with Gasteiger partial charge in [-0.1, -0.05) is 6.07 Å². The Kier molecular flexibility index (Phi) is 3.57. The lowest BCUT2D eigenvalue weighted by Gasteiger charge is -2.08. The molecule has 1 aromatic heterocycles. The number of nitriles is 2. The van der Waals surface area contributed by atoms with E-state index >= 15 is 0 Å². The second-order valence-corrected chi connectivity index (χ2v) is 4.14. The Hall–Kier alpha value is -3.72. The Bertz CT molecular complexity index is 936. The number of aromatic amines is 1. The fourth-order valence-electron chi connectivity index (χ4n) is 1.94. The number of hydrogen-bond acceptors (Lipinski definition) is 6. The molecule has 0 bridgehead atoms. The van der Waals surface area contributed by atoms with Crippen LogP contribution in [-0.2, 0) is 0 Å². The zero-order chi connectivity index (χ0) is 16.4. The highest BCUT2D eigenvalue weighted by molar-refractivity contribution is 5.81. The maximum absolute atomic E-state index is 13.4. The number of rotatable bonds is 2. The number of nitrogens with two attached hydrogens (primary N) is 1. The summed E-state index contributed by atoms with van der Waals surface area (Å²) in [7, 11) is 0. The average molecular weight is 299 g/mol. The van der Waals surface area contributed by atoms with Gasteiger partial charge in [-0.3, -0.25) is 14.9 Å². The largest absolute Gasteiger partial charge is 0.384 e. The average Bonchev–Trinajstić information content (AvgIpc) is 2.47. The van der Waals surface area contributed by atoms with Gasteiger partial charge >= 0.3 is 5.69 Å². The summed E-state index contributed by atoms with van der Waals surface area (Å²) < 4.78 is 13.4. The van der Waals surface area contributed by atoms with Crippen LogP contribution in [0, 0.1) is 38.6 Å². The highest BCUT2D eigenvalue weighted by Crippen LogP contribution is 2.31. The van der Waals surface area contributed by atoms with E-state index in [1.165, 1.54) is 0 Å². The van der Waals surface area contributed by atoms with Gasteiger partial charge in [-0.25, -0.2) is 0 Å². The number of halogens is 1. The zero-order valence-corrected chi connectivity index (χ0v) is 10.8. The van der Waals surface area contributed by atoms with E-state index in [4.69, 9.17) is 16.3 Å². The van der Waals surface area contributed by atoms with Crippen molar-refractivity contribution in [1.29, 1.82) is 10.5 Å². The van der Waals surface area contributed by atoms with E-state index in [9.17, 15) is 19.3 Å². The maximum atomic E-state index is 13.4. The molecule has 0 saturated carbocycles. The molecule has 0 amide bonds. The minimum Gasteiger partial charge on any atom is -0.384 e. The first kappa shape index (κ1) is 14.7. The Morgan fingerprint density at radius 1 is 1.27 bits per heavy atom. The number of nitro benzene ring substituents is 1. The van der Waals surface area contributed by atoms with Crippen molar-refractivity contribution in [2.24, 2.45) is 0 Å². The third-order valence-corrected chi connectivity index (χ3v) is 2.90. The highest BCUT2D eigenvalue weighted by atomic mass is 19.1. The van der Waals surface area contributed by atoms with E-state index in [1.54, 1.807) is 12.1 Å². The van der Waals surface area contributed by atoms with Crippen molar-refractivity contribution in [2.45, 2.75) is 0 Å². The Morgan fingerprint density at radius 3 is 2.45 bits per heavy atom. The summed E-state index contributed by atoms with van der Waals surface area (Å²) in [4.78, 5) is 23.7. The van der Waals surface area contributed by atoms with Gasteiger partial charge < -0.3 is 10.7 Å². The fraction of sp³-hybridized carbons (Fsp3) is 0. The van der Waals surface area contributed by atoms with E-state index in [0.29, 0.717) is 0 Å². The van der Waals surface area contributed by atoms with Gasteiger partial charge in [0.25, 0.3) is 5.56 Å². The van der Waals surface area contributed by atoms with Gasteiger partial charge in [0.15, 0.2) is 0 Å². The van der Waals surface area contributed by atoms with Crippen LogP contribution in [0.2, 0.25) is 0 Å². The van der Waals surface area contributed by atoms with E-state index in [-0.39, 0.29) is 22.5 Å². The first-order chi connectivity index (χ1) is 10.4. The Labute approximate surface area is 122 Å². The smallest absolute Gasteiger partial charge is 0.305 e. The first-order valence-electron chi connectivity index (χ1n) is 5.71. The number of nitrogens with one attached hydrogen (secondary N) is 1. The van der Waals surface area contributed by atoms with Gasteiger partial charge in [0.05, 0.1) is 4.92 Å². The third-order valence-electron chi connectivity index (χ3n) is 2.90. The molecule has 2 aromatic rings. The van der Waals surface area contributed by atoms with Crippen LogP contribution in [0.4, 0.5) is 15.9 Å². The lowest BCUT2D eigenvalue weighted by Crippen LogP contribution is -2.16. The zero-order valence-electron chi connectivity index (χ0n) is 10.8. The molecule has 3 N–H and O–H groups in total. The Morgan fingerprint density at radius 2 is 1.91 bits per heavy atom. The number of benzene rings is 1. The van der Waals surface area contributed by atoms with Crippen LogP contribution in [0.3, 0.4) is 0 Å². The summed E-state index contributed by atoms with van der Waals surface area (Å²) in [5, 5.41) is 29.0. The quantitative estimate of drug-likeness (QED) is 0.632. The predicted molar refractivity (Wildman–Crippen MR) is 73.0 cm³/mol. The van der Waals surface area contributed by atoms with Crippen LogP contribution >= 0.6 is 0 Å². The summed E-state index contributed by atoms with van der Waals surface area (Å²) in [5.41, 5.74) is 2.97. The lowest BCUT2D eigenvalue weighted by molar-refractivity contribution is -0.387. The number of nitrogens with zero attached hydrogens (tertiary/aromatic N) is 3. The SMILES string of the molecule is N#Cc1c(N)[nH]c(=O)c(C#N)c1-c1ccc(F)c([N+](=O)[O-])c1. The minimum absolute atomic E-state index is 0.0287. The molecule has 108 valence electrons. The molecule has 0 aliphatic heterocycles. The molecule has 9 heteroatoms. The van der Waals surface area contributed by atoms with Crippen molar-refractivity contribution in [3.05, 3.63) is 55.6 Å². The number of hydrogen-bond donors (Lipinski definition) is 2. The number of anilines is 1. The molecule has 0 aliphatic rings. The molecule has 0 unspecified atom stereocenters. The summed E-state index contributed by atoms with van der Waals surface area (Å²) in [6, 6.07) is 6.11. The summed E-state index contributed by atoms with van der Waals surface area (Å²) >= 11 is 0. The number of H-pyrrole nitrogens is 1. The molecule has 0 fully saturated rings. The van der Waals surface area contributed by atoms with Gasteiger partial charge in [-0.05, 0) is 11.6 Å². The van der Waals surface area contributed by atoms with Gasteiger partial charge in [0, 0.05) is 11.6 Å². The standard InChI is InChI=1S/C13H6FN5O3/c14-9-2-1-6(3-10(9)19(21)22)11-7(4-15)12(17)18-13(20)8(11)5-16/h1-3H,(H3,17,18,20). The molecule has 2 rings (SSSR count). The van der Waals surface area contributed by atoms with E-state index < -0.39 is 27.6 Å². The number of aromatic nitrogens is 1. The molecule has 0 saturated heterocycles. The van der Waals surface area contributed by atoms with Crippen molar-refractivity contribution in [1.82, 2.24) is 4.98 Å². The molecule has 0 radical (unpaired) electrons. The molecule has 1 heterocycles. The van der Waals surface area contributed by atoms with E-state index in [1.807, 2.05) is 0 Å². The molecule has 22 heavy (non-hydrogen) atoms. The number of nitro groups is 1. The molecular weight excluding hydrogens is 293 g/mol. The van der Waals surface area contributed by atoms with Gasteiger partial charge in [0.1, 0.15) is 29.1 Å². The summed E-state index contributed by atoms with van der Waals surface area (Å²) in [6.45, 7) is 0. The lowest BCUT2D eigenvalue weighted by atomic mass is 9.96. The predicted octanol–water partition coefficient (Wildman–Crippen LogP) is 1.41. The fourth-order valence-corrected chi connectivity index (χ4v) is 1.94. The van der Waals surface area contributed by atoms with Crippen LogP contribution in [-0.4, -0.2) is 9.91 Å². The molecule has 0 spiro atoms. The monoisotopic (exact) mass is 299 g/mol. The third kappa shape index (κ3) is 2.23. The normalized spacial score (nSPS) is 9.77. The van der Waals surface area contributed by atoms with E-state index in [2.05, 4.69) is 4.98 Å². The van der Waals surface area contributed by atoms with Crippen molar-refractivity contribution < 1.29 is 9.31 Å². The summed E-state index contributed by atoms with van der Waals surface area (Å²) in [6.07, 6.45) is 0. The van der Waals surface area contributed by atoms with Crippen molar-refractivity contribution in [3.63, 3.8) is 0 Å². The number of pyridine rings is 1. The highest BCUT2D eigenvalue weighted by Gasteiger charge is 2.22. The molecule has 8 nitrogen and oxygen atoms in total. The topological polar surface area (TPSA) is 150 Å². The molecular formula is C13H6FN5O3. The maximum Gasteiger partial charge on any atom is 0.305 e. The molecule has 0 aliphatic carbocycles. The van der Waals surface area contributed by atoms with Crippen LogP contribution in [0.25, 0.3) is 11.1 Å². The van der Waals surface area contributed by atoms with Gasteiger partial charge in [0.2, 0.25) is 5.82 Å². The molecule has 0 atom stereocenters. The van der Waals surface area contributed by atoms with Gasteiger partial charge in [-0.15, -0.1) is 0 Å². The van der Waals surface area contributed by atoms with Crippen molar-refractivity contribution in [2.75, 3.05) is 5.73 Å². The molecule has 1 aromatic carbocycles. The second-order valence-electron chi connectivity index (χ2n) is 4.14. The summed E-state index contributed by atoms with van der Waals surface area (Å²) in [5.74, 6) is -1.36. The van der Waals surface area contributed by atoms with Crippen LogP contribution in [0.5, 0.6) is 0 Å². The minimum atomic E-state index is -1.08. The van der Waals surface area contributed by atoms with Crippen molar-refractivity contribution in [3.8, 4) is 23.3 Å². The second kappa shape index (κ2) is 5.34. The number of nitrogen functional groups attached to an aromatic ring is 1. The first-order valence-corrected chi connectivity index (χ1v) is 5.71. The van der Waals surface area contributed by atoms with Crippen LogP contribution < -0.4 is 11.3 Å². The Balaban J connectivity index is 2.92. The van der Waals surface area contributed by atoms with Gasteiger partial charge in [-0.2, -0.15) is 14.9 Å². The van der Waals surface area contributed by atoms with Crippen LogP contribution in [0.1, 0.15) is 11.1 Å². The van der Waals surface area contributed by atoms with Crippen LogP contribution in [0.15, 0.2) is 23.0 Å². The van der Waals surface area contributed by atoms with E-state index in [0.717, 1.165) is 18.2 Å². The van der Waals surface area contributed by atoms with Crippen molar-refractivity contribution >= 4 is 11.5 Å².